The van der Waals surface area contributed by atoms with Crippen LogP contribution in [0.3, 0.4) is 0 Å². The summed E-state index contributed by atoms with van der Waals surface area (Å²) in [5.41, 5.74) is 1.12. The third kappa shape index (κ3) is 4.60. The zero-order valence-electron chi connectivity index (χ0n) is 12.5. The van der Waals surface area contributed by atoms with Gasteiger partial charge in [0.15, 0.2) is 0 Å². The smallest absolute Gasteiger partial charge is 0.230 e. The molecule has 21 heavy (non-hydrogen) atoms. The molecular formula is C15H20N4OS. The second-order valence-corrected chi connectivity index (χ2v) is 6.13. The Hall–Kier alpha value is -1.82. The third-order valence-electron chi connectivity index (χ3n) is 3.05. The van der Waals surface area contributed by atoms with Gasteiger partial charge in [-0.1, -0.05) is 55.9 Å². The molecule has 0 radical (unpaired) electrons. The van der Waals surface area contributed by atoms with Crippen molar-refractivity contribution in [2.24, 2.45) is 5.92 Å². The Balaban J connectivity index is 1.93. The van der Waals surface area contributed by atoms with Gasteiger partial charge in [-0.2, -0.15) is 0 Å². The Morgan fingerprint density at radius 2 is 2.05 bits per heavy atom. The molecule has 1 heterocycles. The highest BCUT2D eigenvalue weighted by Gasteiger charge is 2.18. The van der Waals surface area contributed by atoms with Gasteiger partial charge in [-0.15, -0.1) is 5.10 Å². The van der Waals surface area contributed by atoms with E-state index in [1.54, 1.807) is 0 Å². The lowest BCUT2D eigenvalue weighted by atomic mass is 9.96. The predicted molar refractivity (Wildman–Crippen MR) is 84.0 cm³/mol. The lowest BCUT2D eigenvalue weighted by Gasteiger charge is -2.22. The fraction of sp³-hybridized carbons (Fsp3) is 0.400. The number of nitrogens with zero attached hydrogens (tertiary/aromatic N) is 2. The number of thioether (sulfide) groups is 1. The number of hydrogen-bond donors (Lipinski definition) is 2. The van der Waals surface area contributed by atoms with Crippen molar-refractivity contribution in [3.8, 4) is 0 Å². The topological polar surface area (TPSA) is 70.7 Å². The first kappa shape index (κ1) is 15.6. The number of hydrogen-bond acceptors (Lipinski definition) is 4. The summed E-state index contributed by atoms with van der Waals surface area (Å²) in [6.07, 6.45) is 0. The molecule has 0 fully saturated rings. The van der Waals surface area contributed by atoms with E-state index >= 15 is 0 Å². The van der Waals surface area contributed by atoms with E-state index in [2.05, 4.69) is 34.3 Å². The number of H-pyrrole nitrogens is 1. The summed E-state index contributed by atoms with van der Waals surface area (Å²) in [6, 6.07) is 10.1. The molecule has 2 N–H and O–H groups in total. The van der Waals surface area contributed by atoms with Crippen molar-refractivity contribution >= 4 is 17.7 Å². The average Bonchev–Trinajstić information content (AvgIpc) is 2.89. The van der Waals surface area contributed by atoms with Crippen LogP contribution in [-0.4, -0.2) is 26.8 Å². The minimum atomic E-state index is -0.00925. The second kappa shape index (κ2) is 7.26. The molecule has 5 nitrogen and oxygen atoms in total. The van der Waals surface area contributed by atoms with Crippen molar-refractivity contribution in [1.29, 1.82) is 0 Å². The summed E-state index contributed by atoms with van der Waals surface area (Å²) in [5, 5.41) is 10.5. The van der Waals surface area contributed by atoms with Gasteiger partial charge in [0.05, 0.1) is 11.8 Å². The average molecular weight is 304 g/mol. The van der Waals surface area contributed by atoms with Gasteiger partial charge < -0.3 is 5.32 Å². The van der Waals surface area contributed by atoms with Gasteiger partial charge in [0.25, 0.3) is 0 Å². The van der Waals surface area contributed by atoms with Crippen LogP contribution in [0.5, 0.6) is 0 Å². The molecule has 112 valence electrons. The Morgan fingerprint density at radius 1 is 1.33 bits per heavy atom. The highest BCUT2D eigenvalue weighted by Crippen LogP contribution is 2.21. The number of amides is 1. The van der Waals surface area contributed by atoms with Gasteiger partial charge in [0, 0.05) is 0 Å². The Kier molecular flexibility index (Phi) is 5.38. The zero-order valence-corrected chi connectivity index (χ0v) is 13.3. The molecule has 0 aliphatic carbocycles. The van der Waals surface area contributed by atoms with Crippen LogP contribution in [0.25, 0.3) is 0 Å². The SMILES string of the molecule is Cc1nc(SCC(=O)NC(c2ccccc2)C(C)C)n[nH]1. The van der Waals surface area contributed by atoms with Crippen LogP contribution in [0.2, 0.25) is 0 Å². The summed E-state index contributed by atoms with van der Waals surface area (Å²) >= 11 is 1.33. The highest BCUT2D eigenvalue weighted by molar-refractivity contribution is 7.99. The Bertz CT molecular complexity index is 582. The summed E-state index contributed by atoms with van der Waals surface area (Å²) in [4.78, 5) is 16.3. The lowest BCUT2D eigenvalue weighted by Crippen LogP contribution is -2.32. The van der Waals surface area contributed by atoms with E-state index in [1.165, 1.54) is 11.8 Å². The molecule has 0 saturated carbocycles. The molecule has 0 aliphatic heterocycles. The number of rotatable bonds is 6. The van der Waals surface area contributed by atoms with E-state index in [1.807, 2.05) is 37.3 Å². The Morgan fingerprint density at radius 3 is 2.62 bits per heavy atom. The van der Waals surface area contributed by atoms with Crippen LogP contribution in [0.4, 0.5) is 0 Å². The molecule has 0 aliphatic rings. The standard InChI is InChI=1S/C15H20N4OS/c1-10(2)14(12-7-5-4-6-8-12)17-13(20)9-21-15-16-11(3)18-19-15/h4-8,10,14H,9H2,1-3H3,(H,17,20)(H,16,18,19). The first-order chi connectivity index (χ1) is 10.1. The van der Waals surface area contributed by atoms with E-state index < -0.39 is 0 Å². The Labute approximate surface area is 128 Å². The highest BCUT2D eigenvalue weighted by atomic mass is 32.2. The van der Waals surface area contributed by atoms with Crippen LogP contribution in [-0.2, 0) is 4.79 Å². The molecule has 2 aromatic rings. The molecule has 1 unspecified atom stereocenters. The zero-order chi connectivity index (χ0) is 15.2. The quantitative estimate of drug-likeness (QED) is 0.805. The number of aromatic amines is 1. The summed E-state index contributed by atoms with van der Waals surface area (Å²) in [7, 11) is 0. The number of carbonyl (C=O) groups is 1. The monoisotopic (exact) mass is 304 g/mol. The van der Waals surface area contributed by atoms with Crippen molar-refractivity contribution in [3.05, 3.63) is 41.7 Å². The van der Waals surface area contributed by atoms with Crippen molar-refractivity contribution < 1.29 is 4.79 Å². The second-order valence-electron chi connectivity index (χ2n) is 5.19. The van der Waals surface area contributed by atoms with E-state index in [0.29, 0.717) is 16.8 Å². The van der Waals surface area contributed by atoms with Gasteiger partial charge in [-0.25, -0.2) is 4.98 Å². The van der Waals surface area contributed by atoms with Gasteiger partial charge in [0.1, 0.15) is 5.82 Å². The number of aryl methyl sites for hydroxylation is 1. The van der Waals surface area contributed by atoms with Crippen LogP contribution < -0.4 is 5.32 Å². The van der Waals surface area contributed by atoms with Crippen molar-refractivity contribution in [2.75, 3.05) is 5.75 Å². The molecule has 0 saturated heterocycles. The summed E-state index contributed by atoms with van der Waals surface area (Å²) in [5.74, 6) is 1.38. The molecule has 0 bridgehead atoms. The van der Waals surface area contributed by atoms with Crippen LogP contribution in [0, 0.1) is 12.8 Å². The van der Waals surface area contributed by atoms with Gasteiger partial charge in [0.2, 0.25) is 11.1 Å². The largest absolute Gasteiger partial charge is 0.348 e. The predicted octanol–water partition coefficient (Wildman–Crippen LogP) is 2.72. The number of nitrogens with one attached hydrogen (secondary N) is 2. The van der Waals surface area contributed by atoms with E-state index in [4.69, 9.17) is 0 Å². The fourth-order valence-corrected chi connectivity index (χ4v) is 2.68. The lowest BCUT2D eigenvalue weighted by molar-refractivity contribution is -0.119. The molecule has 1 atom stereocenters. The van der Waals surface area contributed by atoms with Gasteiger partial charge in [-0.3, -0.25) is 9.89 Å². The van der Waals surface area contributed by atoms with Crippen LogP contribution in [0.1, 0.15) is 31.3 Å². The number of aromatic nitrogens is 3. The third-order valence-corrected chi connectivity index (χ3v) is 3.90. The van der Waals surface area contributed by atoms with Gasteiger partial charge in [-0.05, 0) is 18.4 Å². The molecule has 1 aromatic heterocycles. The van der Waals surface area contributed by atoms with E-state index in [9.17, 15) is 4.79 Å². The molecule has 1 aromatic carbocycles. The van der Waals surface area contributed by atoms with Gasteiger partial charge >= 0.3 is 0 Å². The normalized spacial score (nSPS) is 12.4. The maximum atomic E-state index is 12.1. The van der Waals surface area contributed by atoms with Crippen molar-refractivity contribution in [1.82, 2.24) is 20.5 Å². The first-order valence-electron chi connectivity index (χ1n) is 6.92. The van der Waals surface area contributed by atoms with E-state index in [-0.39, 0.29) is 11.9 Å². The maximum absolute atomic E-state index is 12.1. The van der Waals surface area contributed by atoms with Crippen molar-refractivity contribution in [3.63, 3.8) is 0 Å². The first-order valence-corrected chi connectivity index (χ1v) is 7.91. The maximum Gasteiger partial charge on any atom is 0.230 e. The number of carbonyl (C=O) groups excluding carboxylic acids is 1. The molecular weight excluding hydrogens is 284 g/mol. The molecule has 6 heteroatoms. The minimum absolute atomic E-state index is 0.00925. The van der Waals surface area contributed by atoms with E-state index in [0.717, 1.165) is 11.4 Å². The number of benzene rings is 1. The summed E-state index contributed by atoms with van der Waals surface area (Å²) in [6.45, 7) is 6.04. The molecule has 2 rings (SSSR count). The van der Waals surface area contributed by atoms with Crippen molar-refractivity contribution in [2.45, 2.75) is 32.0 Å². The minimum Gasteiger partial charge on any atom is -0.348 e. The fourth-order valence-electron chi connectivity index (χ4n) is 2.03. The molecule has 1 amide bonds. The van der Waals surface area contributed by atoms with Crippen LogP contribution in [0.15, 0.2) is 35.5 Å². The summed E-state index contributed by atoms with van der Waals surface area (Å²) < 4.78 is 0. The molecule has 0 spiro atoms. The van der Waals surface area contributed by atoms with Crippen LogP contribution >= 0.6 is 11.8 Å².